The van der Waals surface area contributed by atoms with Crippen molar-refractivity contribution in [3.63, 3.8) is 0 Å². The van der Waals surface area contributed by atoms with Gasteiger partial charge in [-0.25, -0.2) is 0 Å². The topological polar surface area (TPSA) is 60.7 Å². The Hall–Kier alpha value is -2.92. The predicted octanol–water partition coefficient (Wildman–Crippen LogP) is 4.84. The van der Waals surface area contributed by atoms with E-state index in [2.05, 4.69) is 5.32 Å². The van der Waals surface area contributed by atoms with Crippen LogP contribution in [0.3, 0.4) is 0 Å². The smallest absolute Gasteiger partial charge is 0.287 e. The largest absolute Gasteiger partial charge is 0.494 e. The van der Waals surface area contributed by atoms with Crippen LogP contribution in [0.5, 0.6) is 11.5 Å². The Balaban J connectivity index is 1.55. The maximum absolute atomic E-state index is 12.3. The van der Waals surface area contributed by atoms with Crippen LogP contribution < -0.4 is 14.8 Å². The van der Waals surface area contributed by atoms with Crippen LogP contribution in [0.15, 0.2) is 65.1 Å². The van der Waals surface area contributed by atoms with Gasteiger partial charge in [0.05, 0.1) is 6.61 Å². The van der Waals surface area contributed by atoms with Gasteiger partial charge in [-0.05, 0) is 43.3 Å². The molecule has 0 bridgehead atoms. The molecule has 0 unspecified atom stereocenters. The van der Waals surface area contributed by atoms with E-state index in [0.29, 0.717) is 29.7 Å². The number of halogens is 1. The molecule has 140 valence electrons. The third-order valence-electron chi connectivity index (χ3n) is 3.77. The molecule has 0 saturated heterocycles. The number of rotatable bonds is 8. The number of hydrogen-bond acceptors (Lipinski definition) is 4. The molecule has 3 aromatic rings. The lowest BCUT2D eigenvalue weighted by Gasteiger charge is -2.10. The Kier molecular flexibility index (Phi) is 6.39. The average Bonchev–Trinajstić information content (AvgIpc) is 3.15. The molecule has 5 nitrogen and oxygen atoms in total. The van der Waals surface area contributed by atoms with E-state index in [-0.39, 0.29) is 18.3 Å². The summed E-state index contributed by atoms with van der Waals surface area (Å²) in [5.74, 6) is 1.88. The first-order valence-corrected chi connectivity index (χ1v) is 8.99. The van der Waals surface area contributed by atoms with Gasteiger partial charge in [-0.1, -0.05) is 35.9 Å². The summed E-state index contributed by atoms with van der Waals surface area (Å²) in [6, 6.07) is 18.0. The summed E-state index contributed by atoms with van der Waals surface area (Å²) in [5, 5.41) is 3.43. The van der Waals surface area contributed by atoms with Crippen molar-refractivity contribution in [2.45, 2.75) is 20.1 Å². The molecule has 1 aromatic heterocycles. The second-order valence-corrected chi connectivity index (χ2v) is 6.17. The van der Waals surface area contributed by atoms with Gasteiger partial charge in [0.25, 0.3) is 5.91 Å². The van der Waals surface area contributed by atoms with Crippen LogP contribution >= 0.6 is 11.6 Å². The number of amides is 1. The van der Waals surface area contributed by atoms with Crippen LogP contribution in [-0.2, 0) is 13.2 Å². The predicted molar refractivity (Wildman–Crippen MR) is 103 cm³/mol. The Bertz CT molecular complexity index is 906. The Morgan fingerprint density at radius 2 is 1.93 bits per heavy atom. The molecule has 1 heterocycles. The summed E-state index contributed by atoms with van der Waals surface area (Å²) in [7, 11) is 0. The number of hydrogen-bond donors (Lipinski definition) is 1. The number of carbonyl (C=O) groups excluding carboxylic acids is 1. The number of carbonyl (C=O) groups is 1. The molecule has 0 atom stereocenters. The van der Waals surface area contributed by atoms with Crippen molar-refractivity contribution in [1.29, 1.82) is 0 Å². The van der Waals surface area contributed by atoms with Gasteiger partial charge in [-0.3, -0.25) is 4.79 Å². The van der Waals surface area contributed by atoms with Gasteiger partial charge < -0.3 is 19.2 Å². The number of nitrogens with one attached hydrogen (secondary N) is 1. The highest BCUT2D eigenvalue weighted by Crippen LogP contribution is 2.20. The zero-order chi connectivity index (χ0) is 19.1. The van der Waals surface area contributed by atoms with Gasteiger partial charge in [0.2, 0.25) is 0 Å². The highest BCUT2D eigenvalue weighted by Gasteiger charge is 2.12. The first-order chi connectivity index (χ1) is 13.2. The minimum absolute atomic E-state index is 0.209. The van der Waals surface area contributed by atoms with E-state index in [9.17, 15) is 4.79 Å². The van der Waals surface area contributed by atoms with Crippen LogP contribution in [0.1, 0.15) is 28.8 Å². The average molecular weight is 386 g/mol. The quantitative estimate of drug-likeness (QED) is 0.602. The molecule has 0 aliphatic carbocycles. The lowest BCUT2D eigenvalue weighted by Crippen LogP contribution is -2.22. The summed E-state index contributed by atoms with van der Waals surface area (Å²) in [5.41, 5.74) is 0.906. The van der Waals surface area contributed by atoms with Gasteiger partial charge in [0.1, 0.15) is 23.9 Å². The monoisotopic (exact) mass is 385 g/mol. The van der Waals surface area contributed by atoms with E-state index in [1.54, 1.807) is 36.4 Å². The van der Waals surface area contributed by atoms with Crippen molar-refractivity contribution in [3.05, 3.63) is 82.8 Å². The van der Waals surface area contributed by atoms with Gasteiger partial charge >= 0.3 is 0 Å². The maximum atomic E-state index is 12.3. The van der Waals surface area contributed by atoms with E-state index in [1.165, 1.54) is 0 Å². The molecule has 27 heavy (non-hydrogen) atoms. The van der Waals surface area contributed by atoms with Crippen molar-refractivity contribution in [1.82, 2.24) is 5.32 Å². The van der Waals surface area contributed by atoms with Crippen LogP contribution in [0.25, 0.3) is 0 Å². The molecule has 6 heteroatoms. The molecule has 0 radical (unpaired) electrons. The fourth-order valence-corrected chi connectivity index (χ4v) is 2.68. The first-order valence-electron chi connectivity index (χ1n) is 8.61. The molecule has 0 spiro atoms. The number of ether oxygens (including phenoxy) is 2. The number of para-hydroxylation sites is 1. The number of furan rings is 1. The van der Waals surface area contributed by atoms with Crippen molar-refractivity contribution >= 4 is 17.5 Å². The summed E-state index contributed by atoms with van der Waals surface area (Å²) >= 11 is 5.92. The first kappa shape index (κ1) is 18.9. The summed E-state index contributed by atoms with van der Waals surface area (Å²) in [4.78, 5) is 12.3. The van der Waals surface area contributed by atoms with Crippen LogP contribution in [0, 0.1) is 0 Å². The Morgan fingerprint density at radius 1 is 1.07 bits per heavy atom. The van der Waals surface area contributed by atoms with E-state index in [0.717, 1.165) is 11.3 Å². The third kappa shape index (κ3) is 5.28. The summed E-state index contributed by atoms with van der Waals surface area (Å²) < 4.78 is 16.7. The van der Waals surface area contributed by atoms with Crippen molar-refractivity contribution in [2.24, 2.45) is 0 Å². The maximum Gasteiger partial charge on any atom is 0.287 e. The zero-order valence-electron chi connectivity index (χ0n) is 14.9. The van der Waals surface area contributed by atoms with Gasteiger partial charge in [-0.15, -0.1) is 0 Å². The van der Waals surface area contributed by atoms with Gasteiger partial charge in [0.15, 0.2) is 5.76 Å². The van der Waals surface area contributed by atoms with E-state index in [1.807, 2.05) is 31.2 Å². The summed E-state index contributed by atoms with van der Waals surface area (Å²) in [6.07, 6.45) is 0. The molecule has 2 aromatic carbocycles. The molecule has 1 amide bonds. The fraction of sp³-hybridized carbons (Fsp3) is 0.190. The molecule has 0 saturated carbocycles. The minimum atomic E-state index is -0.296. The molecule has 0 aliphatic rings. The Labute approximate surface area is 162 Å². The second kappa shape index (κ2) is 9.14. The molecule has 3 rings (SSSR count). The van der Waals surface area contributed by atoms with E-state index in [4.69, 9.17) is 25.5 Å². The minimum Gasteiger partial charge on any atom is -0.494 e. The number of benzene rings is 2. The highest BCUT2D eigenvalue weighted by molar-refractivity contribution is 6.30. The highest BCUT2D eigenvalue weighted by atomic mass is 35.5. The standard InChI is InChI=1S/C21H20ClNO4/c1-2-25-19-9-4-3-6-15(19)13-23-21(24)20-11-10-18(27-20)14-26-17-8-5-7-16(22)12-17/h3-12H,2,13-14H2,1H3,(H,23,24). The fourth-order valence-electron chi connectivity index (χ4n) is 2.50. The lowest BCUT2D eigenvalue weighted by atomic mass is 10.2. The van der Waals surface area contributed by atoms with Crippen molar-refractivity contribution < 1.29 is 18.7 Å². The van der Waals surface area contributed by atoms with E-state index >= 15 is 0 Å². The molecular weight excluding hydrogens is 366 g/mol. The van der Waals surface area contributed by atoms with Crippen molar-refractivity contribution in [2.75, 3.05) is 6.61 Å². The second-order valence-electron chi connectivity index (χ2n) is 5.74. The zero-order valence-corrected chi connectivity index (χ0v) is 15.7. The molecule has 0 fully saturated rings. The summed E-state index contributed by atoms with van der Waals surface area (Å²) in [6.45, 7) is 3.05. The van der Waals surface area contributed by atoms with Gasteiger partial charge in [0, 0.05) is 17.1 Å². The van der Waals surface area contributed by atoms with Crippen LogP contribution in [0.4, 0.5) is 0 Å². The van der Waals surface area contributed by atoms with Crippen LogP contribution in [0.2, 0.25) is 5.02 Å². The SMILES string of the molecule is CCOc1ccccc1CNC(=O)c1ccc(COc2cccc(Cl)c2)o1. The molecular formula is C21H20ClNO4. The van der Waals surface area contributed by atoms with Crippen LogP contribution in [-0.4, -0.2) is 12.5 Å². The lowest BCUT2D eigenvalue weighted by molar-refractivity contribution is 0.0918. The van der Waals surface area contributed by atoms with Crippen molar-refractivity contribution in [3.8, 4) is 11.5 Å². The van der Waals surface area contributed by atoms with Gasteiger partial charge in [-0.2, -0.15) is 0 Å². The molecule has 1 N–H and O–H groups in total. The normalized spacial score (nSPS) is 10.4. The third-order valence-corrected chi connectivity index (χ3v) is 4.01. The molecule has 0 aliphatic heterocycles. The van der Waals surface area contributed by atoms with E-state index < -0.39 is 0 Å². The Morgan fingerprint density at radius 3 is 2.74 bits per heavy atom.